The van der Waals surface area contributed by atoms with E-state index in [9.17, 15) is 9.59 Å². The molecule has 0 aliphatic carbocycles. The van der Waals surface area contributed by atoms with Gasteiger partial charge in [0.2, 0.25) is 5.91 Å². The van der Waals surface area contributed by atoms with Crippen molar-refractivity contribution >= 4 is 46.6 Å². The van der Waals surface area contributed by atoms with Crippen molar-refractivity contribution in [1.82, 2.24) is 14.7 Å². The van der Waals surface area contributed by atoms with Gasteiger partial charge in [0.1, 0.15) is 12.4 Å². The number of hydrogen-bond donors (Lipinski definition) is 2. The highest BCUT2D eigenvalue weighted by Gasteiger charge is 2.23. The summed E-state index contributed by atoms with van der Waals surface area (Å²) < 4.78 is 6.83. The van der Waals surface area contributed by atoms with Gasteiger partial charge in [-0.15, -0.1) is 0 Å². The summed E-state index contributed by atoms with van der Waals surface area (Å²) in [6, 6.07) is 14.1. The molecule has 0 radical (unpaired) electrons. The summed E-state index contributed by atoms with van der Waals surface area (Å²) in [5.41, 5.74) is 2.95. The Morgan fingerprint density at radius 1 is 1.05 bits per heavy atom. The molecule has 0 bridgehead atoms. The Hall–Kier alpha value is -3.07. The van der Waals surface area contributed by atoms with Gasteiger partial charge in [0, 0.05) is 36.8 Å². The summed E-state index contributed by atoms with van der Waals surface area (Å²) in [6.45, 7) is 8.77. The molecule has 2 N–H and O–H groups in total. The molecule has 0 saturated heterocycles. The number of amides is 3. The number of nitrogens with one attached hydrogen (secondary N) is 2. The average molecular weight is 546 g/mol. The SMILES string of the molecule is COCCCN(CC(=O)Nc1cc(C(C)(C)C)nn1-c1ccc(C)cc1)C(=O)Nc1ccc(Cl)cc1Cl. The Kier molecular flexibility index (Phi) is 9.59. The molecule has 37 heavy (non-hydrogen) atoms. The third-order valence-corrected chi connectivity index (χ3v) is 6.14. The molecule has 3 amide bonds. The van der Waals surface area contributed by atoms with Gasteiger partial charge in [0.25, 0.3) is 0 Å². The molecule has 3 aromatic rings. The van der Waals surface area contributed by atoms with E-state index in [0.29, 0.717) is 41.1 Å². The van der Waals surface area contributed by atoms with Crippen LogP contribution in [0, 0.1) is 6.92 Å². The van der Waals surface area contributed by atoms with Crippen LogP contribution in [0.2, 0.25) is 10.0 Å². The first kappa shape index (κ1) is 28.5. The van der Waals surface area contributed by atoms with Gasteiger partial charge in [-0.2, -0.15) is 5.10 Å². The van der Waals surface area contributed by atoms with E-state index in [1.165, 1.54) is 4.90 Å². The molecule has 10 heteroatoms. The smallest absolute Gasteiger partial charge is 0.322 e. The quantitative estimate of drug-likeness (QED) is 0.309. The number of anilines is 2. The highest BCUT2D eigenvalue weighted by Crippen LogP contribution is 2.27. The molecular weight excluding hydrogens is 513 g/mol. The van der Waals surface area contributed by atoms with Gasteiger partial charge >= 0.3 is 6.03 Å². The lowest BCUT2D eigenvalue weighted by atomic mass is 9.92. The van der Waals surface area contributed by atoms with E-state index in [2.05, 4.69) is 31.4 Å². The number of carbonyl (C=O) groups excluding carboxylic acids is 2. The average Bonchev–Trinajstić information content (AvgIpc) is 3.25. The van der Waals surface area contributed by atoms with Crippen LogP contribution in [0.1, 0.15) is 38.4 Å². The van der Waals surface area contributed by atoms with Crippen LogP contribution in [0.15, 0.2) is 48.5 Å². The number of aromatic nitrogens is 2. The molecule has 0 unspecified atom stereocenters. The number of ether oxygens (including phenoxy) is 1. The fraction of sp³-hybridized carbons (Fsp3) is 0.370. The summed E-state index contributed by atoms with van der Waals surface area (Å²) in [4.78, 5) is 27.7. The van der Waals surface area contributed by atoms with Gasteiger partial charge in [0.05, 0.1) is 22.1 Å². The van der Waals surface area contributed by atoms with Crippen molar-refractivity contribution in [1.29, 1.82) is 0 Å². The van der Waals surface area contributed by atoms with Crippen LogP contribution in [-0.2, 0) is 14.9 Å². The van der Waals surface area contributed by atoms with E-state index >= 15 is 0 Å². The van der Waals surface area contributed by atoms with Crippen LogP contribution in [0.3, 0.4) is 0 Å². The van der Waals surface area contributed by atoms with E-state index in [-0.39, 0.29) is 17.9 Å². The molecule has 1 heterocycles. The van der Waals surface area contributed by atoms with E-state index in [4.69, 9.17) is 33.0 Å². The number of benzene rings is 2. The number of aryl methyl sites for hydroxylation is 1. The summed E-state index contributed by atoms with van der Waals surface area (Å²) in [5.74, 6) is 0.167. The van der Waals surface area contributed by atoms with E-state index in [1.807, 2.05) is 37.3 Å². The largest absolute Gasteiger partial charge is 0.385 e. The second-order valence-corrected chi connectivity index (χ2v) is 10.6. The van der Waals surface area contributed by atoms with Crippen molar-refractivity contribution in [3.63, 3.8) is 0 Å². The van der Waals surface area contributed by atoms with Crippen molar-refractivity contribution in [2.75, 3.05) is 37.4 Å². The molecule has 198 valence electrons. The maximum absolute atomic E-state index is 13.2. The molecule has 0 aliphatic heterocycles. The number of carbonyl (C=O) groups is 2. The lowest BCUT2D eigenvalue weighted by molar-refractivity contribution is -0.116. The molecule has 8 nitrogen and oxygen atoms in total. The predicted octanol–water partition coefficient (Wildman–Crippen LogP) is 6.29. The highest BCUT2D eigenvalue weighted by atomic mass is 35.5. The van der Waals surface area contributed by atoms with Gasteiger partial charge in [-0.3, -0.25) is 4.79 Å². The van der Waals surface area contributed by atoms with Crippen molar-refractivity contribution in [3.8, 4) is 5.69 Å². The predicted molar refractivity (Wildman–Crippen MR) is 149 cm³/mol. The Morgan fingerprint density at radius 2 is 1.76 bits per heavy atom. The van der Waals surface area contributed by atoms with Gasteiger partial charge in [-0.25, -0.2) is 9.48 Å². The second-order valence-electron chi connectivity index (χ2n) is 9.78. The van der Waals surface area contributed by atoms with Crippen LogP contribution in [0.5, 0.6) is 0 Å². The molecular formula is C27H33Cl2N5O3. The van der Waals surface area contributed by atoms with Gasteiger partial charge in [-0.05, 0) is 43.7 Å². The maximum atomic E-state index is 13.2. The lowest BCUT2D eigenvalue weighted by Crippen LogP contribution is -2.41. The molecule has 2 aromatic carbocycles. The molecule has 0 aliphatic rings. The standard InChI is InChI=1S/C27H33Cl2N5O3/c1-18-7-10-20(11-8-18)34-24(16-23(32-34)27(2,3)4)31-25(35)17-33(13-6-14-37-5)26(36)30-22-12-9-19(28)15-21(22)29/h7-12,15-16H,6,13-14,17H2,1-5H3,(H,30,36)(H,31,35). The summed E-state index contributed by atoms with van der Waals surface area (Å²) >= 11 is 12.2. The maximum Gasteiger partial charge on any atom is 0.322 e. The zero-order valence-electron chi connectivity index (χ0n) is 21.8. The second kappa shape index (κ2) is 12.4. The number of methoxy groups -OCH3 is 1. The van der Waals surface area contributed by atoms with Crippen LogP contribution in [0.4, 0.5) is 16.3 Å². The molecule has 0 saturated carbocycles. The lowest BCUT2D eigenvalue weighted by Gasteiger charge is -2.23. The Balaban J connectivity index is 1.81. The number of rotatable bonds is 9. The zero-order chi connectivity index (χ0) is 27.2. The van der Waals surface area contributed by atoms with Crippen LogP contribution >= 0.6 is 23.2 Å². The number of nitrogens with zero attached hydrogens (tertiary/aromatic N) is 3. The van der Waals surface area contributed by atoms with Crippen molar-refractivity contribution in [2.24, 2.45) is 0 Å². The topological polar surface area (TPSA) is 88.5 Å². The monoisotopic (exact) mass is 545 g/mol. The summed E-state index contributed by atoms with van der Waals surface area (Å²) in [5, 5.41) is 11.2. The molecule has 0 spiro atoms. The fourth-order valence-electron chi connectivity index (χ4n) is 3.51. The minimum absolute atomic E-state index is 0.176. The fourth-order valence-corrected chi connectivity index (χ4v) is 3.97. The number of halogens is 2. The van der Waals surface area contributed by atoms with Crippen molar-refractivity contribution in [2.45, 2.75) is 39.5 Å². The van der Waals surface area contributed by atoms with Crippen molar-refractivity contribution < 1.29 is 14.3 Å². The molecule has 0 fully saturated rings. The first-order chi connectivity index (χ1) is 17.5. The van der Waals surface area contributed by atoms with Gasteiger partial charge < -0.3 is 20.3 Å². The van der Waals surface area contributed by atoms with Crippen LogP contribution in [-0.4, -0.2) is 53.4 Å². The minimum Gasteiger partial charge on any atom is -0.385 e. The molecule has 0 atom stereocenters. The molecule has 1 aromatic heterocycles. The summed E-state index contributed by atoms with van der Waals surface area (Å²) in [7, 11) is 1.59. The molecule has 3 rings (SSSR count). The third-order valence-electron chi connectivity index (χ3n) is 5.59. The van der Waals surface area contributed by atoms with E-state index < -0.39 is 6.03 Å². The van der Waals surface area contributed by atoms with E-state index in [0.717, 1.165) is 16.9 Å². The Morgan fingerprint density at radius 3 is 2.38 bits per heavy atom. The summed E-state index contributed by atoms with van der Waals surface area (Å²) in [6.07, 6.45) is 0.557. The van der Waals surface area contributed by atoms with Gasteiger partial charge in [-0.1, -0.05) is 61.7 Å². The van der Waals surface area contributed by atoms with Crippen LogP contribution < -0.4 is 10.6 Å². The minimum atomic E-state index is -0.460. The normalized spacial score (nSPS) is 11.3. The Labute approximate surface area is 227 Å². The number of hydrogen-bond acceptors (Lipinski definition) is 4. The first-order valence-electron chi connectivity index (χ1n) is 12.0. The Bertz CT molecular complexity index is 1240. The van der Waals surface area contributed by atoms with Crippen LogP contribution in [0.25, 0.3) is 5.69 Å². The third kappa shape index (κ3) is 7.95. The zero-order valence-corrected chi connectivity index (χ0v) is 23.3. The highest BCUT2D eigenvalue weighted by molar-refractivity contribution is 6.36. The van der Waals surface area contributed by atoms with Crippen molar-refractivity contribution in [3.05, 3.63) is 69.8 Å². The number of urea groups is 1. The van der Waals surface area contributed by atoms with E-state index in [1.54, 1.807) is 30.0 Å². The first-order valence-corrected chi connectivity index (χ1v) is 12.7. The van der Waals surface area contributed by atoms with Gasteiger partial charge in [0.15, 0.2) is 0 Å².